The molecule has 1 aliphatic heterocycles. The summed E-state index contributed by atoms with van der Waals surface area (Å²) in [7, 11) is 2.14. The first-order valence-electron chi connectivity index (χ1n) is 6.48. The number of hydrogen-bond donors (Lipinski definition) is 0. The molecule has 0 aromatic heterocycles. The van der Waals surface area contributed by atoms with E-state index in [0.717, 1.165) is 38.4 Å². The summed E-state index contributed by atoms with van der Waals surface area (Å²) >= 11 is 0. The number of amides is 1. The van der Waals surface area contributed by atoms with Crippen LogP contribution in [-0.4, -0.2) is 47.9 Å². The van der Waals surface area contributed by atoms with Crippen molar-refractivity contribution in [2.24, 2.45) is 5.92 Å². The maximum atomic E-state index is 12.0. The van der Waals surface area contributed by atoms with Crippen molar-refractivity contribution >= 4 is 5.91 Å². The Kier molecular flexibility index (Phi) is 3.24. The SMILES string of the molecule is CN1CCN(C(=O)CCC2CC2)CC1(C)C. The number of piperazine rings is 1. The summed E-state index contributed by atoms with van der Waals surface area (Å²) in [5.74, 6) is 1.23. The van der Waals surface area contributed by atoms with Gasteiger partial charge in [-0.25, -0.2) is 0 Å². The van der Waals surface area contributed by atoms with E-state index in [0.29, 0.717) is 5.91 Å². The van der Waals surface area contributed by atoms with E-state index < -0.39 is 0 Å². The van der Waals surface area contributed by atoms with Crippen molar-refractivity contribution in [1.82, 2.24) is 9.80 Å². The van der Waals surface area contributed by atoms with Gasteiger partial charge in [0.25, 0.3) is 0 Å². The van der Waals surface area contributed by atoms with E-state index in [1.807, 2.05) is 0 Å². The molecule has 3 nitrogen and oxygen atoms in total. The molecule has 1 heterocycles. The molecule has 0 radical (unpaired) electrons. The first-order valence-corrected chi connectivity index (χ1v) is 6.48. The lowest BCUT2D eigenvalue weighted by molar-refractivity contribution is -0.135. The van der Waals surface area contributed by atoms with Gasteiger partial charge in [0.15, 0.2) is 0 Å². The highest BCUT2D eigenvalue weighted by atomic mass is 16.2. The molecular weight excluding hydrogens is 200 g/mol. The van der Waals surface area contributed by atoms with Crippen molar-refractivity contribution in [2.75, 3.05) is 26.7 Å². The van der Waals surface area contributed by atoms with Crippen LogP contribution in [0.25, 0.3) is 0 Å². The molecule has 1 saturated heterocycles. The Morgan fingerprint density at radius 3 is 2.56 bits per heavy atom. The molecule has 0 aromatic rings. The topological polar surface area (TPSA) is 23.6 Å². The summed E-state index contributed by atoms with van der Waals surface area (Å²) in [5.41, 5.74) is 0.132. The predicted octanol–water partition coefficient (Wildman–Crippen LogP) is 1.73. The quantitative estimate of drug-likeness (QED) is 0.729. The highest BCUT2D eigenvalue weighted by Crippen LogP contribution is 2.33. The molecule has 0 atom stereocenters. The van der Waals surface area contributed by atoms with E-state index >= 15 is 0 Å². The van der Waals surface area contributed by atoms with Crippen molar-refractivity contribution in [2.45, 2.75) is 45.1 Å². The third kappa shape index (κ3) is 2.76. The van der Waals surface area contributed by atoms with Gasteiger partial charge in [-0.2, -0.15) is 0 Å². The van der Waals surface area contributed by atoms with Gasteiger partial charge >= 0.3 is 0 Å². The van der Waals surface area contributed by atoms with Crippen LogP contribution in [0.4, 0.5) is 0 Å². The van der Waals surface area contributed by atoms with Crippen molar-refractivity contribution in [1.29, 1.82) is 0 Å². The van der Waals surface area contributed by atoms with E-state index in [1.165, 1.54) is 12.8 Å². The van der Waals surface area contributed by atoms with Gasteiger partial charge in [-0.1, -0.05) is 12.8 Å². The summed E-state index contributed by atoms with van der Waals surface area (Å²) in [5, 5.41) is 0. The van der Waals surface area contributed by atoms with Gasteiger partial charge in [-0.3, -0.25) is 9.69 Å². The first-order chi connectivity index (χ1) is 7.49. The zero-order valence-electron chi connectivity index (χ0n) is 10.8. The van der Waals surface area contributed by atoms with Gasteiger partial charge in [0.2, 0.25) is 5.91 Å². The molecule has 2 fully saturated rings. The molecular formula is C13H24N2O. The Morgan fingerprint density at radius 1 is 1.31 bits per heavy atom. The number of carbonyl (C=O) groups excluding carboxylic acids is 1. The number of likely N-dealkylation sites (N-methyl/N-ethyl adjacent to an activating group) is 1. The molecule has 1 aliphatic carbocycles. The summed E-state index contributed by atoms with van der Waals surface area (Å²) in [4.78, 5) is 16.4. The molecule has 0 N–H and O–H groups in total. The van der Waals surface area contributed by atoms with Crippen LogP contribution in [0, 0.1) is 5.92 Å². The third-order valence-electron chi connectivity index (χ3n) is 4.13. The maximum Gasteiger partial charge on any atom is 0.222 e. The molecule has 1 amide bonds. The van der Waals surface area contributed by atoms with Crippen LogP contribution in [0.1, 0.15) is 39.5 Å². The van der Waals surface area contributed by atoms with Crippen LogP contribution in [0.5, 0.6) is 0 Å². The van der Waals surface area contributed by atoms with Crippen molar-refractivity contribution in [3.63, 3.8) is 0 Å². The van der Waals surface area contributed by atoms with E-state index in [9.17, 15) is 4.79 Å². The second-order valence-electron chi connectivity index (χ2n) is 6.03. The molecule has 0 spiro atoms. The number of nitrogens with zero attached hydrogens (tertiary/aromatic N) is 2. The molecule has 0 bridgehead atoms. The zero-order valence-corrected chi connectivity index (χ0v) is 10.8. The van der Waals surface area contributed by atoms with Crippen LogP contribution in [0.15, 0.2) is 0 Å². The minimum absolute atomic E-state index is 0.132. The van der Waals surface area contributed by atoms with Crippen molar-refractivity contribution in [3.8, 4) is 0 Å². The Hall–Kier alpha value is -0.570. The number of rotatable bonds is 3. The fraction of sp³-hybridized carbons (Fsp3) is 0.923. The summed E-state index contributed by atoms with van der Waals surface area (Å²) in [6.07, 6.45) is 4.58. The Morgan fingerprint density at radius 2 is 2.00 bits per heavy atom. The number of carbonyl (C=O) groups is 1. The third-order valence-corrected chi connectivity index (χ3v) is 4.13. The summed E-state index contributed by atoms with van der Waals surface area (Å²) in [6.45, 7) is 7.22. The average molecular weight is 224 g/mol. The zero-order chi connectivity index (χ0) is 11.8. The van der Waals surface area contributed by atoms with E-state index in [4.69, 9.17) is 0 Å². The minimum Gasteiger partial charge on any atom is -0.340 e. The average Bonchev–Trinajstić information content (AvgIpc) is 3.02. The fourth-order valence-corrected chi connectivity index (χ4v) is 2.35. The summed E-state index contributed by atoms with van der Waals surface area (Å²) in [6, 6.07) is 0. The minimum atomic E-state index is 0.132. The Labute approximate surface area is 98.8 Å². The van der Waals surface area contributed by atoms with Gasteiger partial charge in [0.05, 0.1) is 0 Å². The highest BCUT2D eigenvalue weighted by Gasteiger charge is 2.33. The monoisotopic (exact) mass is 224 g/mol. The lowest BCUT2D eigenvalue weighted by atomic mass is 9.99. The standard InChI is InChI=1S/C13H24N2O/c1-13(2)10-15(9-8-14(13)3)12(16)7-6-11-4-5-11/h11H,4-10H2,1-3H3. The van der Waals surface area contributed by atoms with Crippen LogP contribution >= 0.6 is 0 Å². The molecule has 16 heavy (non-hydrogen) atoms. The van der Waals surface area contributed by atoms with Crippen LogP contribution in [0.2, 0.25) is 0 Å². The van der Waals surface area contributed by atoms with Crippen LogP contribution < -0.4 is 0 Å². The smallest absolute Gasteiger partial charge is 0.222 e. The normalized spacial score (nSPS) is 25.8. The van der Waals surface area contributed by atoms with E-state index in [2.05, 4.69) is 30.7 Å². The largest absolute Gasteiger partial charge is 0.340 e. The van der Waals surface area contributed by atoms with E-state index in [1.54, 1.807) is 0 Å². The molecule has 2 aliphatic rings. The highest BCUT2D eigenvalue weighted by molar-refractivity contribution is 5.76. The Balaban J connectivity index is 1.82. The van der Waals surface area contributed by atoms with Gasteiger partial charge in [-0.15, -0.1) is 0 Å². The van der Waals surface area contributed by atoms with Crippen LogP contribution in [0.3, 0.4) is 0 Å². The van der Waals surface area contributed by atoms with Gasteiger partial charge in [0, 0.05) is 31.6 Å². The molecule has 2 rings (SSSR count). The van der Waals surface area contributed by atoms with Crippen LogP contribution in [-0.2, 0) is 4.79 Å². The van der Waals surface area contributed by atoms with E-state index in [-0.39, 0.29) is 5.54 Å². The van der Waals surface area contributed by atoms with Crippen molar-refractivity contribution < 1.29 is 4.79 Å². The fourth-order valence-electron chi connectivity index (χ4n) is 2.35. The van der Waals surface area contributed by atoms with Gasteiger partial charge in [0.1, 0.15) is 0 Å². The molecule has 1 saturated carbocycles. The lowest BCUT2D eigenvalue weighted by Gasteiger charge is -2.45. The summed E-state index contributed by atoms with van der Waals surface area (Å²) < 4.78 is 0. The van der Waals surface area contributed by atoms with Gasteiger partial charge < -0.3 is 4.90 Å². The van der Waals surface area contributed by atoms with Crippen molar-refractivity contribution in [3.05, 3.63) is 0 Å². The lowest BCUT2D eigenvalue weighted by Crippen LogP contribution is -2.58. The van der Waals surface area contributed by atoms with Gasteiger partial charge in [-0.05, 0) is 33.2 Å². The second kappa shape index (κ2) is 4.36. The maximum absolute atomic E-state index is 12.0. The second-order valence-corrected chi connectivity index (χ2v) is 6.03. The first kappa shape index (κ1) is 11.9. The molecule has 92 valence electrons. The molecule has 3 heteroatoms. The molecule has 0 aromatic carbocycles. The molecule has 0 unspecified atom stereocenters. The predicted molar refractivity (Wildman–Crippen MR) is 65.2 cm³/mol. The Bertz CT molecular complexity index is 271. The number of hydrogen-bond acceptors (Lipinski definition) is 2.